The van der Waals surface area contributed by atoms with Crippen LogP contribution in [-0.4, -0.2) is 66.9 Å². The Morgan fingerprint density at radius 2 is 0.510 bits per heavy atom. The van der Waals surface area contributed by atoms with Crippen LogP contribution in [0, 0.1) is 0 Å². The summed E-state index contributed by atoms with van der Waals surface area (Å²) in [4.78, 5) is 9.79. The maximum Gasteiger partial charge on any atom is 0.142 e. The van der Waals surface area contributed by atoms with Crippen molar-refractivity contribution in [3.05, 3.63) is 233 Å². The molecule has 5 aliphatic carbocycles. The molecule has 8 atom stereocenters. The Hall–Kier alpha value is -8.00. The smallest absolute Gasteiger partial charge is 0.142 e. The van der Waals surface area contributed by atoms with Crippen LogP contribution in [0.15, 0.2) is 121 Å². The van der Waals surface area contributed by atoms with Gasteiger partial charge in [0.05, 0.1) is 22.3 Å². The molecule has 12 nitrogen and oxygen atoms in total. The maximum atomic E-state index is 14.1. The van der Waals surface area contributed by atoms with Crippen LogP contribution in [0.25, 0.3) is 0 Å². The second-order valence-electron chi connectivity index (χ2n) is 32.1. The molecule has 4 N–H and O–H groups in total. The predicted octanol–water partition coefficient (Wildman–Crippen LogP) is 21.0. The standard InChI is InChI=1S/C92H108N4O8/c1-5-9-13-33-65-69-45-74(90-77(85(69)97)49-93(54-102-90)81-41-37-57-25-17-21-29-61(57)81)67(35-15-11-7-3)71-47-76(92-79(87(71)99)51-95(56-104-92)83-43-39-59-27-19-23-31-63(59)83)68(36-16-12-8-4)72-48-75(91-80(88(72)100)52-96(55-103-91)84-44-40-60-28-20-24-32-64(60)84)66(34-14-10-6-2)70-46-73(65)89-78(86(70)98)50-94(53-101-89)82-42-38-58-26-18-22-30-62(58)82/h17-32,45-48,65-68,81-84,97-100H,5-16,33-44,49-56H2,1-4H3/t65?,66?,67?,68?,81-,82-,83-,84-/m0/s1. The van der Waals surface area contributed by atoms with Crippen LogP contribution in [0.1, 0.15) is 315 Å². The number of benzene rings is 8. The van der Waals surface area contributed by atoms with E-state index in [1.54, 1.807) is 0 Å². The van der Waals surface area contributed by atoms with Gasteiger partial charge in [-0.05, 0) is 146 Å². The zero-order valence-electron chi connectivity index (χ0n) is 62.0. The quantitative estimate of drug-likeness (QED) is 0.0542. The van der Waals surface area contributed by atoms with Crippen LogP contribution in [-0.2, 0) is 51.9 Å². The fourth-order valence-corrected chi connectivity index (χ4v) is 20.7. The Morgan fingerprint density at radius 3 is 0.731 bits per heavy atom. The number of phenols is 4. The van der Waals surface area contributed by atoms with Gasteiger partial charge >= 0.3 is 0 Å². The maximum absolute atomic E-state index is 14.1. The summed E-state index contributed by atoms with van der Waals surface area (Å²) in [6.45, 7) is 12.4. The minimum atomic E-state index is -0.393. The number of nitrogens with zero attached hydrogens (tertiary/aromatic N) is 4. The number of ether oxygens (including phenoxy) is 4. The van der Waals surface area contributed by atoms with Crippen molar-refractivity contribution in [1.29, 1.82) is 0 Å². The van der Waals surface area contributed by atoms with Crippen LogP contribution >= 0.6 is 0 Å². The molecule has 4 heterocycles. The van der Waals surface area contributed by atoms with Crippen LogP contribution in [0.5, 0.6) is 46.0 Å². The molecule has 4 unspecified atom stereocenters. The first kappa shape index (κ1) is 69.1. The van der Waals surface area contributed by atoms with Gasteiger partial charge in [0.2, 0.25) is 0 Å². The van der Waals surface area contributed by atoms with E-state index in [-0.39, 0.29) is 47.2 Å². The first-order valence-electron chi connectivity index (χ1n) is 40.4. The molecule has 8 aromatic carbocycles. The van der Waals surface area contributed by atoms with Crippen LogP contribution in [0.4, 0.5) is 0 Å². The summed E-state index contributed by atoms with van der Waals surface area (Å²) in [5.74, 6) is 2.29. The van der Waals surface area contributed by atoms with Crippen molar-refractivity contribution in [2.45, 2.75) is 256 Å². The molecule has 104 heavy (non-hydrogen) atoms. The van der Waals surface area contributed by atoms with Gasteiger partial charge in [-0.2, -0.15) is 0 Å². The van der Waals surface area contributed by atoms with Crippen molar-refractivity contribution in [3.8, 4) is 46.0 Å². The van der Waals surface area contributed by atoms with Gasteiger partial charge in [-0.1, -0.05) is 202 Å². The van der Waals surface area contributed by atoms with Crippen molar-refractivity contribution >= 4 is 0 Å². The van der Waals surface area contributed by atoms with Gasteiger partial charge in [-0.15, -0.1) is 0 Å². The van der Waals surface area contributed by atoms with E-state index in [9.17, 15) is 20.4 Å². The third kappa shape index (κ3) is 12.4. The van der Waals surface area contributed by atoms with Crippen molar-refractivity contribution < 1.29 is 39.4 Å². The number of phenolic OH excluding ortho intramolecular Hbond substituents is 4. The Morgan fingerprint density at radius 1 is 0.288 bits per heavy atom. The Balaban J connectivity index is 0.953. The molecule has 8 bridgehead atoms. The summed E-state index contributed by atoms with van der Waals surface area (Å²) in [6, 6.07) is 45.2. The van der Waals surface area contributed by atoms with Gasteiger partial charge in [0.25, 0.3) is 0 Å². The Labute approximate surface area is 617 Å². The van der Waals surface area contributed by atoms with Gasteiger partial charge in [-0.3, -0.25) is 19.6 Å². The summed E-state index contributed by atoms with van der Waals surface area (Å²) < 4.78 is 29.8. The summed E-state index contributed by atoms with van der Waals surface area (Å²) in [7, 11) is 0. The van der Waals surface area contributed by atoms with Crippen LogP contribution < -0.4 is 18.9 Å². The number of rotatable bonds is 20. The largest absolute Gasteiger partial charge is 0.507 e. The average molecular weight is 1400 g/mol. The molecular formula is C92H108N4O8. The first-order chi connectivity index (χ1) is 51.1. The van der Waals surface area contributed by atoms with Gasteiger partial charge < -0.3 is 39.4 Å². The number of hydrogen-bond acceptors (Lipinski definition) is 12. The minimum Gasteiger partial charge on any atom is -0.507 e. The molecule has 17 rings (SSSR count). The molecule has 0 radical (unpaired) electrons. The van der Waals surface area contributed by atoms with E-state index in [4.69, 9.17) is 18.9 Å². The van der Waals surface area contributed by atoms with E-state index in [0.717, 1.165) is 195 Å². The van der Waals surface area contributed by atoms with Gasteiger partial charge in [0, 0.05) is 119 Å². The Kier molecular flexibility index (Phi) is 19.8. The highest BCUT2D eigenvalue weighted by Crippen LogP contribution is 2.60. The zero-order chi connectivity index (χ0) is 70.7. The van der Waals surface area contributed by atoms with Gasteiger partial charge in [0.1, 0.15) is 72.9 Å². The number of aryl methyl sites for hydroxylation is 4. The highest BCUT2D eigenvalue weighted by atomic mass is 16.5. The van der Waals surface area contributed by atoms with E-state index >= 15 is 0 Å². The fraction of sp³-hybridized carbons (Fsp3) is 0.478. The topological polar surface area (TPSA) is 131 Å². The zero-order valence-corrected chi connectivity index (χ0v) is 62.0. The lowest BCUT2D eigenvalue weighted by molar-refractivity contribution is 0.0520. The van der Waals surface area contributed by atoms with E-state index in [1.165, 1.54) is 44.5 Å². The van der Waals surface area contributed by atoms with Crippen molar-refractivity contribution in [1.82, 2.24) is 19.6 Å². The molecule has 544 valence electrons. The molecule has 0 amide bonds. The summed E-state index contributed by atoms with van der Waals surface area (Å²) in [5, 5.41) is 56.4. The third-order valence-corrected chi connectivity index (χ3v) is 26.1. The molecule has 0 fully saturated rings. The second-order valence-corrected chi connectivity index (χ2v) is 32.1. The number of fused-ring (bicyclic) bond motifs is 20. The van der Waals surface area contributed by atoms with E-state index in [1.807, 2.05) is 0 Å². The van der Waals surface area contributed by atoms with Crippen LogP contribution in [0.3, 0.4) is 0 Å². The average Bonchev–Trinajstić information content (AvgIpc) is 0.736. The highest BCUT2D eigenvalue weighted by Gasteiger charge is 2.45. The fourth-order valence-electron chi connectivity index (χ4n) is 20.7. The van der Waals surface area contributed by atoms with E-state index in [2.05, 4.69) is 169 Å². The number of aromatic hydroxyl groups is 4. The molecule has 0 saturated heterocycles. The normalized spacial score (nSPS) is 23.1. The molecular weight excluding hydrogens is 1290 g/mol. The molecule has 0 saturated carbocycles. The molecule has 9 aliphatic rings. The van der Waals surface area contributed by atoms with Gasteiger partial charge in [-0.25, -0.2) is 0 Å². The van der Waals surface area contributed by atoms with E-state index in [0.29, 0.717) is 102 Å². The Bertz CT molecular complexity index is 3940. The molecule has 8 aromatic rings. The summed E-state index contributed by atoms with van der Waals surface area (Å²) >= 11 is 0. The van der Waals surface area contributed by atoms with Gasteiger partial charge in [0.15, 0.2) is 0 Å². The highest BCUT2D eigenvalue weighted by molar-refractivity contribution is 5.69. The van der Waals surface area contributed by atoms with E-state index < -0.39 is 23.7 Å². The molecule has 12 heteroatoms. The monoisotopic (exact) mass is 1400 g/mol. The van der Waals surface area contributed by atoms with Crippen molar-refractivity contribution in [3.63, 3.8) is 0 Å². The molecule has 0 aromatic heterocycles. The summed E-state index contributed by atoms with van der Waals surface area (Å²) in [6.07, 6.45) is 22.3. The molecule has 4 aliphatic heterocycles. The third-order valence-electron chi connectivity index (χ3n) is 26.1. The molecule has 0 spiro atoms. The first-order valence-corrected chi connectivity index (χ1v) is 40.4. The predicted molar refractivity (Wildman–Crippen MR) is 411 cm³/mol. The lowest BCUT2D eigenvalue weighted by Gasteiger charge is -2.40. The SMILES string of the molecule is CCCCCC1c2cc(c3c(c2O)CN([C@H]2CCc4ccccc42)CO3)C(CCCCC)c2cc(c3c(c2O)CN([C@H]2CCc4ccccc42)CO3)C(CCCCC)c2cc(c3c(c2O)CN([C@H]2CCc4ccccc42)CO3)C(CCCCC)c2cc1c1c(c2O)CN([C@H]2CCc3ccccc32)CO1. The lowest BCUT2D eigenvalue weighted by atomic mass is 9.74. The lowest BCUT2D eigenvalue weighted by Crippen LogP contribution is -2.36. The summed E-state index contributed by atoms with van der Waals surface area (Å²) in [5.41, 5.74) is 21.2. The van der Waals surface area contributed by atoms with Crippen LogP contribution in [0.2, 0.25) is 0 Å². The van der Waals surface area contributed by atoms with Crippen molar-refractivity contribution in [2.24, 2.45) is 0 Å². The minimum absolute atomic E-state index is 0.106. The van der Waals surface area contributed by atoms with Crippen molar-refractivity contribution in [2.75, 3.05) is 26.9 Å². The number of unbranched alkanes of at least 4 members (excludes halogenated alkanes) is 8. The number of hydrogen-bond donors (Lipinski definition) is 4. The second kappa shape index (κ2) is 29.7.